The number of aromatic nitrogens is 4. The third-order valence-corrected chi connectivity index (χ3v) is 6.04. The average Bonchev–Trinajstić information content (AvgIpc) is 3.24. The van der Waals surface area contributed by atoms with Crippen LogP contribution in [-0.2, 0) is 19.9 Å². The molecular weight excluding hydrogens is 396 g/mol. The molecule has 142 valence electrons. The van der Waals surface area contributed by atoms with Crippen LogP contribution in [0, 0.1) is 0 Å². The van der Waals surface area contributed by atoms with Crippen LogP contribution in [-0.4, -0.2) is 72.8 Å². The lowest BCUT2D eigenvalue weighted by atomic mass is 10.00. The van der Waals surface area contributed by atoms with Gasteiger partial charge < -0.3 is 4.90 Å². The SMILES string of the molecule is O=C(C(S)c1nnnn1-c1ccccc1)N1CC[C@@H]2[C@H]1C(=O)N2S(=O)(=O)O. The summed E-state index contributed by atoms with van der Waals surface area (Å²) in [4.78, 5) is 26.3. The van der Waals surface area contributed by atoms with Crippen LogP contribution in [0.15, 0.2) is 30.3 Å². The van der Waals surface area contributed by atoms with Crippen LogP contribution in [0.3, 0.4) is 0 Å². The van der Waals surface area contributed by atoms with Crippen molar-refractivity contribution in [2.75, 3.05) is 6.54 Å². The van der Waals surface area contributed by atoms with Crippen molar-refractivity contribution in [2.24, 2.45) is 0 Å². The van der Waals surface area contributed by atoms with E-state index >= 15 is 0 Å². The number of carbonyl (C=O) groups excluding carboxylic acids is 2. The van der Waals surface area contributed by atoms with E-state index in [-0.39, 0.29) is 18.8 Å². The molecule has 1 aromatic heterocycles. The Balaban J connectivity index is 1.57. The fourth-order valence-electron chi connectivity index (χ4n) is 3.45. The van der Waals surface area contributed by atoms with E-state index in [1.807, 2.05) is 6.07 Å². The van der Waals surface area contributed by atoms with E-state index in [0.717, 1.165) is 0 Å². The van der Waals surface area contributed by atoms with E-state index in [2.05, 4.69) is 28.2 Å². The highest BCUT2D eigenvalue weighted by Crippen LogP contribution is 2.37. The summed E-state index contributed by atoms with van der Waals surface area (Å²) in [5.41, 5.74) is 0.640. The van der Waals surface area contributed by atoms with E-state index in [9.17, 15) is 18.0 Å². The molecule has 0 spiro atoms. The Morgan fingerprint density at radius 2 is 2.00 bits per heavy atom. The van der Waals surface area contributed by atoms with Crippen molar-refractivity contribution in [1.29, 1.82) is 0 Å². The number of hydrogen-bond donors (Lipinski definition) is 2. The zero-order valence-corrected chi connectivity index (χ0v) is 15.4. The molecule has 2 saturated heterocycles. The quantitative estimate of drug-likeness (QED) is 0.381. The Morgan fingerprint density at radius 1 is 1.30 bits per heavy atom. The molecule has 1 N–H and O–H groups in total. The highest BCUT2D eigenvalue weighted by molar-refractivity contribution is 7.84. The lowest BCUT2D eigenvalue weighted by Gasteiger charge is -2.42. The number of amides is 2. The van der Waals surface area contributed by atoms with Crippen molar-refractivity contribution >= 4 is 34.7 Å². The topological polar surface area (TPSA) is 139 Å². The molecule has 3 atom stereocenters. The fraction of sp³-hybridized carbons (Fsp3) is 0.357. The number of fused-ring (bicyclic) bond motifs is 1. The Morgan fingerprint density at radius 3 is 2.67 bits per heavy atom. The molecule has 27 heavy (non-hydrogen) atoms. The molecule has 13 heteroatoms. The maximum absolute atomic E-state index is 12.9. The van der Waals surface area contributed by atoms with Gasteiger partial charge in [-0.3, -0.25) is 14.1 Å². The third kappa shape index (κ3) is 2.78. The molecule has 11 nitrogen and oxygen atoms in total. The summed E-state index contributed by atoms with van der Waals surface area (Å²) in [5.74, 6) is -1.17. The molecule has 2 amide bonds. The molecule has 0 bridgehead atoms. The number of β-lactam (4-membered cyclic amide) rings is 1. The van der Waals surface area contributed by atoms with Gasteiger partial charge in [-0.05, 0) is 29.0 Å². The van der Waals surface area contributed by atoms with Crippen LogP contribution >= 0.6 is 12.6 Å². The number of para-hydroxylation sites is 1. The molecule has 2 aliphatic heterocycles. The first-order chi connectivity index (χ1) is 12.8. The van der Waals surface area contributed by atoms with Gasteiger partial charge >= 0.3 is 10.3 Å². The van der Waals surface area contributed by atoms with Gasteiger partial charge in [-0.2, -0.15) is 25.7 Å². The summed E-state index contributed by atoms with van der Waals surface area (Å²) in [6, 6.07) is 7.23. The standard InChI is InChI=1S/C14H14N6O5S2/c21-13-10-9(20(13)27(23,24)25)6-7-18(10)14(22)11(26)12-15-16-17-19(12)8-4-2-1-3-5-8/h1-5,9-11,26H,6-7H2,(H,23,24,25)/t9-,10+,11?/m1/s1. The second kappa shape index (κ2) is 6.28. The lowest BCUT2D eigenvalue weighted by Crippen LogP contribution is -2.68. The van der Waals surface area contributed by atoms with Crippen molar-refractivity contribution in [3.8, 4) is 5.69 Å². The van der Waals surface area contributed by atoms with Gasteiger partial charge in [0.15, 0.2) is 5.82 Å². The monoisotopic (exact) mass is 410 g/mol. The molecular formula is C14H14N6O5S2. The molecule has 2 aromatic rings. The van der Waals surface area contributed by atoms with Crippen molar-refractivity contribution < 1.29 is 22.6 Å². The van der Waals surface area contributed by atoms with Gasteiger partial charge in [0.2, 0.25) is 5.91 Å². The minimum atomic E-state index is -4.63. The molecule has 2 aliphatic rings. The highest BCUT2D eigenvalue weighted by Gasteiger charge is 2.60. The predicted octanol–water partition coefficient (Wildman–Crippen LogP) is -0.752. The number of likely N-dealkylation sites (tertiary alicyclic amines) is 1. The van der Waals surface area contributed by atoms with Crippen molar-refractivity contribution in [2.45, 2.75) is 23.8 Å². The zero-order valence-electron chi connectivity index (χ0n) is 13.7. The summed E-state index contributed by atoms with van der Waals surface area (Å²) in [6.45, 7) is 0.163. The van der Waals surface area contributed by atoms with Crippen molar-refractivity contribution in [3.63, 3.8) is 0 Å². The van der Waals surface area contributed by atoms with Gasteiger partial charge in [0, 0.05) is 6.54 Å². The van der Waals surface area contributed by atoms with E-state index in [1.54, 1.807) is 24.3 Å². The maximum atomic E-state index is 12.9. The second-order valence-corrected chi connectivity index (χ2v) is 7.94. The highest BCUT2D eigenvalue weighted by atomic mass is 32.2. The number of thiol groups is 1. The Labute approximate surface area is 159 Å². The van der Waals surface area contributed by atoms with Gasteiger partial charge in [0.25, 0.3) is 5.91 Å². The first-order valence-electron chi connectivity index (χ1n) is 7.93. The minimum Gasteiger partial charge on any atom is -0.327 e. The molecule has 4 rings (SSSR count). The Bertz CT molecular complexity index is 1010. The van der Waals surface area contributed by atoms with Crippen LogP contribution in [0.5, 0.6) is 0 Å². The number of hydrogen-bond acceptors (Lipinski definition) is 8. The smallest absolute Gasteiger partial charge is 0.327 e. The average molecular weight is 410 g/mol. The largest absolute Gasteiger partial charge is 0.362 e. The molecule has 0 radical (unpaired) electrons. The summed E-state index contributed by atoms with van der Waals surface area (Å²) < 4.78 is 33.5. The van der Waals surface area contributed by atoms with Gasteiger partial charge in [0.1, 0.15) is 11.3 Å². The summed E-state index contributed by atoms with van der Waals surface area (Å²) >= 11 is 4.33. The predicted molar refractivity (Wildman–Crippen MR) is 93.2 cm³/mol. The second-order valence-electron chi connectivity index (χ2n) is 6.13. The van der Waals surface area contributed by atoms with E-state index in [1.165, 1.54) is 9.58 Å². The van der Waals surface area contributed by atoms with Gasteiger partial charge in [0.05, 0.1) is 11.7 Å². The molecule has 0 saturated carbocycles. The summed E-state index contributed by atoms with van der Waals surface area (Å²) in [6.07, 6.45) is 0.242. The van der Waals surface area contributed by atoms with E-state index in [0.29, 0.717) is 9.99 Å². The number of benzene rings is 1. The molecule has 1 aromatic carbocycles. The zero-order chi connectivity index (χ0) is 19.3. The normalized spacial score (nSPS) is 23.1. The van der Waals surface area contributed by atoms with Crippen molar-refractivity contribution in [3.05, 3.63) is 36.2 Å². The van der Waals surface area contributed by atoms with Crippen LogP contribution < -0.4 is 0 Å². The van der Waals surface area contributed by atoms with Gasteiger partial charge in [-0.15, -0.1) is 5.10 Å². The first-order valence-corrected chi connectivity index (χ1v) is 9.85. The van der Waals surface area contributed by atoms with Crippen LogP contribution in [0.1, 0.15) is 17.5 Å². The molecule has 3 heterocycles. The fourth-order valence-corrected chi connectivity index (χ4v) is 4.66. The van der Waals surface area contributed by atoms with Gasteiger partial charge in [-0.1, -0.05) is 18.2 Å². The first kappa shape index (κ1) is 17.9. The third-order valence-electron chi connectivity index (χ3n) is 4.64. The van der Waals surface area contributed by atoms with E-state index in [4.69, 9.17) is 4.55 Å². The van der Waals surface area contributed by atoms with Crippen molar-refractivity contribution in [1.82, 2.24) is 29.4 Å². The number of tetrazole rings is 1. The van der Waals surface area contributed by atoms with E-state index < -0.39 is 39.5 Å². The number of rotatable bonds is 4. The minimum absolute atomic E-state index is 0.163. The Kier molecular flexibility index (Phi) is 4.16. The lowest BCUT2D eigenvalue weighted by molar-refractivity contribution is -0.151. The summed E-state index contributed by atoms with van der Waals surface area (Å²) in [7, 11) is -4.63. The van der Waals surface area contributed by atoms with Gasteiger partial charge in [-0.25, -0.2) is 4.31 Å². The summed E-state index contributed by atoms with van der Waals surface area (Å²) in [5, 5.41) is 10.3. The van der Waals surface area contributed by atoms with Crippen LogP contribution in [0.25, 0.3) is 5.69 Å². The maximum Gasteiger partial charge on any atom is 0.362 e. The molecule has 2 fully saturated rings. The molecule has 0 aliphatic carbocycles. The van der Waals surface area contributed by atoms with Crippen LogP contribution in [0.2, 0.25) is 0 Å². The number of nitrogens with zero attached hydrogens (tertiary/aromatic N) is 6. The van der Waals surface area contributed by atoms with Crippen LogP contribution in [0.4, 0.5) is 0 Å². The Hall–Kier alpha value is -2.51. The molecule has 1 unspecified atom stereocenters. The number of carbonyl (C=O) groups is 2.